The Morgan fingerprint density at radius 2 is 2.03 bits per heavy atom. The van der Waals surface area contributed by atoms with Crippen LogP contribution in [0.1, 0.15) is 54.6 Å². The highest BCUT2D eigenvalue weighted by molar-refractivity contribution is 6.31. The summed E-state index contributed by atoms with van der Waals surface area (Å²) in [5.74, 6) is -0.488. The Hall–Kier alpha value is -1.92. The molecule has 1 aliphatic carbocycles. The number of aryl methyl sites for hydroxylation is 1. The molecule has 0 aliphatic heterocycles. The van der Waals surface area contributed by atoms with E-state index in [1.165, 1.54) is 44.2 Å². The summed E-state index contributed by atoms with van der Waals surface area (Å²) in [6, 6.07) is 4.81. The Kier molecular flexibility index (Phi) is 7.67. The molecule has 0 atom stereocenters. The van der Waals surface area contributed by atoms with E-state index in [0.29, 0.717) is 16.6 Å². The van der Waals surface area contributed by atoms with Crippen molar-refractivity contribution in [3.05, 3.63) is 51.6 Å². The molecule has 1 amide bonds. The SMILES string of the molecule is Cc1nn(CCNC2CCCCC2)c(C)c1CC(=O)NCc1ccc(F)cc1Cl. The van der Waals surface area contributed by atoms with E-state index in [0.717, 1.165) is 30.0 Å². The third kappa shape index (κ3) is 6.03. The molecule has 1 saturated carbocycles. The predicted molar refractivity (Wildman–Crippen MR) is 114 cm³/mol. The van der Waals surface area contributed by atoms with E-state index in [-0.39, 0.29) is 24.7 Å². The smallest absolute Gasteiger partial charge is 0.224 e. The van der Waals surface area contributed by atoms with Crippen LogP contribution < -0.4 is 10.6 Å². The van der Waals surface area contributed by atoms with Crippen LogP contribution in [-0.4, -0.2) is 28.3 Å². The van der Waals surface area contributed by atoms with Crippen LogP contribution in [0.25, 0.3) is 0 Å². The number of hydrogen-bond acceptors (Lipinski definition) is 3. The zero-order chi connectivity index (χ0) is 20.8. The lowest BCUT2D eigenvalue weighted by atomic mass is 9.95. The molecule has 0 spiro atoms. The number of hydrogen-bond donors (Lipinski definition) is 2. The highest BCUT2D eigenvalue weighted by Crippen LogP contribution is 2.19. The van der Waals surface area contributed by atoms with Gasteiger partial charge in [-0.2, -0.15) is 5.10 Å². The number of nitrogens with zero attached hydrogens (tertiary/aromatic N) is 2. The largest absolute Gasteiger partial charge is 0.352 e. The monoisotopic (exact) mass is 420 g/mol. The summed E-state index contributed by atoms with van der Waals surface area (Å²) >= 11 is 6.02. The quantitative estimate of drug-likeness (QED) is 0.676. The molecule has 1 aromatic carbocycles. The van der Waals surface area contributed by atoms with Gasteiger partial charge in [0.1, 0.15) is 5.82 Å². The van der Waals surface area contributed by atoms with Crippen molar-refractivity contribution in [2.75, 3.05) is 6.54 Å². The third-order valence-electron chi connectivity index (χ3n) is 5.72. The van der Waals surface area contributed by atoms with Gasteiger partial charge >= 0.3 is 0 Å². The topological polar surface area (TPSA) is 59.0 Å². The van der Waals surface area contributed by atoms with Crippen molar-refractivity contribution < 1.29 is 9.18 Å². The first-order valence-corrected chi connectivity index (χ1v) is 10.8. The van der Waals surface area contributed by atoms with E-state index in [9.17, 15) is 9.18 Å². The van der Waals surface area contributed by atoms with Crippen molar-refractivity contribution in [1.82, 2.24) is 20.4 Å². The van der Waals surface area contributed by atoms with Crippen LogP contribution >= 0.6 is 11.6 Å². The molecule has 29 heavy (non-hydrogen) atoms. The van der Waals surface area contributed by atoms with E-state index in [1.54, 1.807) is 6.07 Å². The maximum atomic E-state index is 13.1. The summed E-state index contributed by atoms with van der Waals surface area (Å²) in [5.41, 5.74) is 3.57. The van der Waals surface area contributed by atoms with Gasteiger partial charge in [0.25, 0.3) is 0 Å². The van der Waals surface area contributed by atoms with Gasteiger partial charge < -0.3 is 10.6 Å². The van der Waals surface area contributed by atoms with Crippen LogP contribution in [0.4, 0.5) is 4.39 Å². The molecular formula is C22H30ClFN4O. The molecule has 1 fully saturated rings. The van der Waals surface area contributed by atoms with Crippen LogP contribution in [0.15, 0.2) is 18.2 Å². The molecule has 3 rings (SSSR count). The number of rotatable bonds is 8. The Morgan fingerprint density at radius 1 is 1.28 bits per heavy atom. The van der Waals surface area contributed by atoms with Gasteiger partial charge in [0.15, 0.2) is 0 Å². The molecule has 158 valence electrons. The molecule has 7 heteroatoms. The first-order valence-electron chi connectivity index (χ1n) is 10.4. The second-order valence-electron chi connectivity index (χ2n) is 7.85. The van der Waals surface area contributed by atoms with Crippen molar-refractivity contribution in [1.29, 1.82) is 0 Å². The summed E-state index contributed by atoms with van der Waals surface area (Å²) in [4.78, 5) is 12.4. The van der Waals surface area contributed by atoms with Crippen LogP contribution in [0.2, 0.25) is 5.02 Å². The van der Waals surface area contributed by atoms with E-state index in [2.05, 4.69) is 15.7 Å². The molecule has 2 aromatic rings. The van der Waals surface area contributed by atoms with Crippen LogP contribution in [0.5, 0.6) is 0 Å². The Bertz CT molecular complexity index is 846. The zero-order valence-corrected chi connectivity index (χ0v) is 18.0. The number of amides is 1. The molecule has 2 N–H and O–H groups in total. The Balaban J connectivity index is 1.51. The second-order valence-corrected chi connectivity index (χ2v) is 8.26. The first kappa shape index (κ1) is 21.8. The van der Waals surface area contributed by atoms with E-state index in [1.807, 2.05) is 18.5 Å². The third-order valence-corrected chi connectivity index (χ3v) is 6.07. The average molecular weight is 421 g/mol. The van der Waals surface area contributed by atoms with Crippen molar-refractivity contribution in [3.63, 3.8) is 0 Å². The molecule has 0 saturated heterocycles. The Morgan fingerprint density at radius 3 is 2.76 bits per heavy atom. The molecule has 5 nitrogen and oxygen atoms in total. The van der Waals surface area contributed by atoms with Gasteiger partial charge in [0, 0.05) is 35.4 Å². The molecule has 1 heterocycles. The fraction of sp³-hybridized carbons (Fsp3) is 0.545. The maximum absolute atomic E-state index is 13.1. The fourth-order valence-electron chi connectivity index (χ4n) is 3.97. The fourth-order valence-corrected chi connectivity index (χ4v) is 4.20. The molecule has 1 aliphatic rings. The van der Waals surface area contributed by atoms with Crippen molar-refractivity contribution >= 4 is 17.5 Å². The van der Waals surface area contributed by atoms with Crippen molar-refractivity contribution in [2.45, 2.75) is 71.5 Å². The van der Waals surface area contributed by atoms with Crippen LogP contribution in [0, 0.1) is 19.7 Å². The van der Waals surface area contributed by atoms with Crippen LogP contribution in [-0.2, 0) is 24.3 Å². The molecule has 0 bridgehead atoms. The van der Waals surface area contributed by atoms with Gasteiger partial charge in [-0.25, -0.2) is 4.39 Å². The normalized spacial score (nSPS) is 14.9. The lowest BCUT2D eigenvalue weighted by Crippen LogP contribution is -2.33. The molecule has 1 aromatic heterocycles. The minimum atomic E-state index is -0.387. The van der Waals surface area contributed by atoms with Gasteiger partial charge in [-0.15, -0.1) is 0 Å². The van der Waals surface area contributed by atoms with Gasteiger partial charge in [-0.1, -0.05) is 36.9 Å². The standard InChI is InChI=1S/C22H30ClFN4O/c1-15-20(13-22(29)26-14-17-8-9-18(24)12-21(17)23)16(2)28(27-15)11-10-25-19-6-4-3-5-7-19/h8-9,12,19,25H,3-7,10-11,13-14H2,1-2H3,(H,26,29). The Labute approximate surface area is 177 Å². The van der Waals surface area contributed by atoms with Gasteiger partial charge in [-0.05, 0) is 44.4 Å². The number of carbonyl (C=O) groups is 1. The van der Waals surface area contributed by atoms with Gasteiger partial charge in [-0.3, -0.25) is 9.48 Å². The summed E-state index contributed by atoms with van der Waals surface area (Å²) in [6.45, 7) is 5.92. The zero-order valence-electron chi connectivity index (χ0n) is 17.2. The predicted octanol–water partition coefficient (Wildman–Crippen LogP) is 4.07. The lowest BCUT2D eigenvalue weighted by Gasteiger charge is -2.22. The number of nitrogens with one attached hydrogen (secondary N) is 2. The minimum absolute atomic E-state index is 0.100. The minimum Gasteiger partial charge on any atom is -0.352 e. The summed E-state index contributed by atoms with van der Waals surface area (Å²) < 4.78 is 15.1. The second kappa shape index (κ2) is 10.2. The maximum Gasteiger partial charge on any atom is 0.224 e. The van der Waals surface area contributed by atoms with Crippen LogP contribution in [0.3, 0.4) is 0 Å². The van der Waals surface area contributed by atoms with Gasteiger partial charge in [0.2, 0.25) is 5.91 Å². The molecule has 0 unspecified atom stereocenters. The van der Waals surface area contributed by atoms with Gasteiger partial charge in [0.05, 0.1) is 18.7 Å². The summed E-state index contributed by atoms with van der Waals surface area (Å²) in [5, 5.41) is 11.4. The van der Waals surface area contributed by atoms with Crippen molar-refractivity contribution in [3.8, 4) is 0 Å². The molecule has 0 radical (unpaired) electrons. The molecular weight excluding hydrogens is 391 g/mol. The highest BCUT2D eigenvalue weighted by Gasteiger charge is 2.16. The van der Waals surface area contributed by atoms with E-state index in [4.69, 9.17) is 11.6 Å². The number of halogens is 2. The summed E-state index contributed by atoms with van der Waals surface area (Å²) in [6.07, 6.45) is 6.79. The summed E-state index contributed by atoms with van der Waals surface area (Å²) in [7, 11) is 0. The number of benzene rings is 1. The van der Waals surface area contributed by atoms with Crippen molar-refractivity contribution in [2.24, 2.45) is 0 Å². The van der Waals surface area contributed by atoms with E-state index >= 15 is 0 Å². The lowest BCUT2D eigenvalue weighted by molar-refractivity contribution is -0.120. The van der Waals surface area contributed by atoms with E-state index < -0.39 is 0 Å². The first-order chi connectivity index (χ1) is 13.9. The number of aromatic nitrogens is 2. The number of carbonyl (C=O) groups excluding carboxylic acids is 1. The average Bonchev–Trinajstić information content (AvgIpc) is 2.96. The highest BCUT2D eigenvalue weighted by atomic mass is 35.5.